The van der Waals surface area contributed by atoms with Crippen LogP contribution in [0.15, 0.2) is 111 Å². The van der Waals surface area contributed by atoms with E-state index in [1.807, 2.05) is 84.9 Å². The SMILES string of the molecule is CCC.CCC.CCC.CCC.Cc1c(N=Nc2ccc3ccccc3c2)c(N)cc(C(=O)O)c1N=Nc1ccc2ccccc2c1. The molecule has 0 radical (unpaired) electrons. The molecule has 0 saturated carbocycles. The fourth-order valence-corrected chi connectivity index (χ4v) is 3.94. The standard InChI is InChI=1S/C28H21N5O2.4C3H8/c1-17-26(32-30-22-12-10-18-6-2-4-8-20(18)14-22)24(28(34)35)16-25(29)27(17)33-31-23-13-11-19-7-3-5-9-21(19)15-23;4*1-3-2/h2-16H,29H2,1H3,(H,34,35);4*3H2,1-2H3. The van der Waals surface area contributed by atoms with Crippen LogP contribution in [0.5, 0.6) is 0 Å². The summed E-state index contributed by atoms with van der Waals surface area (Å²) in [5.74, 6) is -1.15. The molecule has 0 unspecified atom stereocenters. The van der Waals surface area contributed by atoms with Gasteiger partial charge in [-0.2, -0.15) is 10.2 Å². The van der Waals surface area contributed by atoms with E-state index in [-0.39, 0.29) is 16.9 Å². The van der Waals surface area contributed by atoms with Gasteiger partial charge >= 0.3 is 5.97 Å². The predicted octanol–water partition coefficient (Wildman–Crippen LogP) is 14.1. The van der Waals surface area contributed by atoms with Crippen LogP contribution in [-0.4, -0.2) is 11.1 Å². The Bertz CT molecular complexity index is 1720. The van der Waals surface area contributed by atoms with Crippen molar-refractivity contribution in [2.75, 3.05) is 5.73 Å². The van der Waals surface area contributed by atoms with Crippen LogP contribution in [0.2, 0.25) is 0 Å². The molecule has 47 heavy (non-hydrogen) atoms. The zero-order valence-electron chi connectivity index (χ0n) is 29.7. The first-order valence-electron chi connectivity index (χ1n) is 16.6. The Hall–Kier alpha value is -4.91. The number of carboxylic acids is 1. The van der Waals surface area contributed by atoms with Crippen molar-refractivity contribution in [3.63, 3.8) is 0 Å². The smallest absolute Gasteiger partial charge is 0.338 e. The maximum Gasteiger partial charge on any atom is 0.338 e. The monoisotopic (exact) mass is 635 g/mol. The van der Waals surface area contributed by atoms with Gasteiger partial charge in [0, 0.05) is 5.56 Å². The summed E-state index contributed by atoms with van der Waals surface area (Å²) < 4.78 is 0. The molecule has 7 heteroatoms. The largest absolute Gasteiger partial charge is 0.478 e. The summed E-state index contributed by atoms with van der Waals surface area (Å²) in [5, 5.41) is 31.3. The van der Waals surface area contributed by atoms with E-state index in [1.54, 1.807) is 6.92 Å². The summed E-state index contributed by atoms with van der Waals surface area (Å²) in [7, 11) is 0. The molecule has 0 aliphatic carbocycles. The zero-order chi connectivity index (χ0) is 35.2. The summed E-state index contributed by atoms with van der Waals surface area (Å²) in [6, 6.07) is 28.6. The number of anilines is 1. The van der Waals surface area contributed by atoms with E-state index in [9.17, 15) is 9.90 Å². The van der Waals surface area contributed by atoms with Crippen molar-refractivity contribution >= 4 is 56.0 Å². The Labute approximate surface area is 281 Å². The summed E-state index contributed by atoms with van der Waals surface area (Å²) in [6.45, 7) is 18.7. The minimum absolute atomic E-state index is 0.0470. The first-order chi connectivity index (χ1) is 22.6. The minimum atomic E-state index is -1.15. The number of hydrogen-bond donors (Lipinski definition) is 2. The van der Waals surface area contributed by atoms with Crippen molar-refractivity contribution in [1.82, 2.24) is 0 Å². The highest BCUT2D eigenvalue weighted by Crippen LogP contribution is 2.39. The number of azo groups is 2. The quantitative estimate of drug-likeness (QED) is 0.148. The maximum absolute atomic E-state index is 11.9. The van der Waals surface area contributed by atoms with Gasteiger partial charge in [0.15, 0.2) is 0 Å². The van der Waals surface area contributed by atoms with Crippen molar-refractivity contribution in [2.24, 2.45) is 20.5 Å². The van der Waals surface area contributed by atoms with Crippen LogP contribution >= 0.6 is 0 Å². The Morgan fingerprint density at radius 1 is 0.553 bits per heavy atom. The highest BCUT2D eigenvalue weighted by molar-refractivity contribution is 5.98. The maximum atomic E-state index is 11.9. The topological polar surface area (TPSA) is 113 Å². The third kappa shape index (κ3) is 13.2. The molecule has 3 N–H and O–H groups in total. The molecule has 0 atom stereocenters. The zero-order valence-corrected chi connectivity index (χ0v) is 29.7. The number of nitrogen functional groups attached to an aromatic ring is 1. The highest BCUT2D eigenvalue weighted by Gasteiger charge is 2.19. The van der Waals surface area contributed by atoms with Gasteiger partial charge in [0.05, 0.1) is 22.6 Å². The van der Waals surface area contributed by atoms with Gasteiger partial charge in [-0.05, 0) is 58.8 Å². The molecule has 0 aromatic heterocycles. The highest BCUT2D eigenvalue weighted by atomic mass is 16.4. The van der Waals surface area contributed by atoms with E-state index in [2.05, 4.69) is 75.8 Å². The Morgan fingerprint density at radius 2 is 0.915 bits per heavy atom. The van der Waals surface area contributed by atoms with E-state index < -0.39 is 5.97 Å². The third-order valence-electron chi connectivity index (χ3n) is 5.77. The molecule has 0 spiro atoms. The van der Waals surface area contributed by atoms with Crippen molar-refractivity contribution in [1.29, 1.82) is 0 Å². The molecular weight excluding hydrogens is 582 g/mol. The predicted molar refractivity (Wildman–Crippen MR) is 203 cm³/mol. The molecule has 250 valence electrons. The summed E-state index contributed by atoms with van der Waals surface area (Å²) in [4.78, 5) is 11.9. The third-order valence-corrected chi connectivity index (χ3v) is 5.77. The van der Waals surface area contributed by atoms with Crippen LogP contribution in [0.1, 0.15) is 97.0 Å². The van der Waals surface area contributed by atoms with E-state index in [0.29, 0.717) is 22.6 Å². The van der Waals surface area contributed by atoms with Crippen LogP contribution in [0.25, 0.3) is 21.5 Å². The molecule has 0 fully saturated rings. The lowest BCUT2D eigenvalue weighted by molar-refractivity contribution is 0.0697. The van der Waals surface area contributed by atoms with Gasteiger partial charge in [-0.1, -0.05) is 142 Å². The second-order valence-corrected chi connectivity index (χ2v) is 10.9. The molecule has 0 amide bonds. The first kappa shape index (κ1) is 40.1. The number of nitrogens with zero attached hydrogens (tertiary/aromatic N) is 4. The molecule has 0 heterocycles. The van der Waals surface area contributed by atoms with Crippen LogP contribution in [-0.2, 0) is 0 Å². The lowest BCUT2D eigenvalue weighted by atomic mass is 10.0. The molecule has 0 aliphatic rings. The lowest BCUT2D eigenvalue weighted by Crippen LogP contribution is -2.01. The van der Waals surface area contributed by atoms with E-state index in [1.165, 1.54) is 31.7 Å². The molecule has 5 aromatic rings. The minimum Gasteiger partial charge on any atom is -0.478 e. The van der Waals surface area contributed by atoms with Gasteiger partial charge in [-0.15, -0.1) is 10.2 Å². The van der Waals surface area contributed by atoms with Crippen LogP contribution in [0, 0.1) is 6.92 Å². The van der Waals surface area contributed by atoms with Gasteiger partial charge < -0.3 is 10.8 Å². The van der Waals surface area contributed by atoms with Crippen LogP contribution in [0.4, 0.5) is 28.4 Å². The Morgan fingerprint density at radius 3 is 1.30 bits per heavy atom. The average molecular weight is 636 g/mol. The number of aromatic carboxylic acids is 1. The molecule has 5 aromatic carbocycles. The fourth-order valence-electron chi connectivity index (χ4n) is 3.94. The molecule has 0 bridgehead atoms. The second-order valence-electron chi connectivity index (χ2n) is 10.9. The summed E-state index contributed by atoms with van der Waals surface area (Å²) >= 11 is 0. The lowest BCUT2D eigenvalue weighted by Gasteiger charge is -2.10. The van der Waals surface area contributed by atoms with E-state index in [0.717, 1.165) is 21.5 Å². The van der Waals surface area contributed by atoms with Crippen molar-refractivity contribution in [3.05, 3.63) is 102 Å². The van der Waals surface area contributed by atoms with Crippen molar-refractivity contribution < 1.29 is 9.90 Å². The average Bonchev–Trinajstić information content (AvgIpc) is 3.05. The number of fused-ring (bicyclic) bond motifs is 2. The van der Waals surface area contributed by atoms with Crippen molar-refractivity contribution in [2.45, 2.75) is 88.0 Å². The number of benzene rings is 5. The van der Waals surface area contributed by atoms with Crippen LogP contribution < -0.4 is 5.73 Å². The van der Waals surface area contributed by atoms with Gasteiger partial charge in [0.25, 0.3) is 0 Å². The Kier molecular flexibility index (Phi) is 19.3. The van der Waals surface area contributed by atoms with Crippen LogP contribution in [0.3, 0.4) is 0 Å². The molecule has 0 aliphatic heterocycles. The number of nitrogens with two attached hydrogens (primary N) is 1. The number of carbonyl (C=O) groups is 1. The number of rotatable bonds is 5. The van der Waals surface area contributed by atoms with E-state index >= 15 is 0 Å². The number of carboxylic acid groups (broad SMARTS) is 1. The fraction of sp³-hybridized carbons (Fsp3) is 0.325. The van der Waals surface area contributed by atoms with E-state index in [4.69, 9.17) is 5.73 Å². The van der Waals surface area contributed by atoms with Gasteiger partial charge in [-0.25, -0.2) is 4.79 Å². The van der Waals surface area contributed by atoms with Gasteiger partial charge in [0.1, 0.15) is 11.4 Å². The molecule has 7 nitrogen and oxygen atoms in total. The van der Waals surface area contributed by atoms with Gasteiger partial charge in [0.2, 0.25) is 0 Å². The summed E-state index contributed by atoms with van der Waals surface area (Å²) in [5.41, 5.74) is 8.61. The molecular formula is C40H53N5O2. The first-order valence-corrected chi connectivity index (χ1v) is 16.6. The molecule has 0 saturated heterocycles. The Balaban J connectivity index is 0.000000806. The number of hydrogen-bond acceptors (Lipinski definition) is 6. The normalized spacial score (nSPS) is 10.2. The summed E-state index contributed by atoms with van der Waals surface area (Å²) in [6.07, 6.45) is 5.00. The second kappa shape index (κ2) is 22.6. The van der Waals surface area contributed by atoms with Crippen molar-refractivity contribution in [3.8, 4) is 0 Å². The van der Waals surface area contributed by atoms with Gasteiger partial charge in [-0.3, -0.25) is 0 Å². The molecule has 5 rings (SSSR count).